The molecule has 0 bridgehead atoms. The number of carbonyl (C=O) groups is 1. The molecule has 3 rings (SSSR count). The van der Waals surface area contributed by atoms with Crippen molar-refractivity contribution >= 4 is 23.2 Å². The molecule has 1 saturated heterocycles. The van der Waals surface area contributed by atoms with Gasteiger partial charge in [-0.25, -0.2) is 4.98 Å². The van der Waals surface area contributed by atoms with E-state index in [4.69, 9.17) is 4.42 Å². The van der Waals surface area contributed by atoms with E-state index in [0.29, 0.717) is 18.8 Å². The van der Waals surface area contributed by atoms with Gasteiger partial charge in [-0.2, -0.15) is 0 Å². The molecule has 0 radical (unpaired) electrons. The summed E-state index contributed by atoms with van der Waals surface area (Å²) in [6.07, 6.45) is 4.32. The fourth-order valence-corrected chi connectivity index (χ4v) is 3.59. The van der Waals surface area contributed by atoms with Gasteiger partial charge in [0.2, 0.25) is 0 Å². The van der Waals surface area contributed by atoms with E-state index in [1.807, 2.05) is 11.1 Å². The van der Waals surface area contributed by atoms with Crippen molar-refractivity contribution in [3.63, 3.8) is 0 Å². The molecular weight excluding hydrogens is 338 g/mol. The molecule has 0 atom stereocenters. The fourth-order valence-electron chi connectivity index (χ4n) is 2.81. The van der Waals surface area contributed by atoms with E-state index in [1.165, 1.54) is 11.1 Å². The van der Waals surface area contributed by atoms with E-state index in [9.17, 15) is 4.79 Å². The molecule has 2 aromatic rings. The molecule has 0 saturated carbocycles. The molecule has 1 N–H and O–H groups in total. The third-order valence-corrected chi connectivity index (χ3v) is 5.07. The topological polar surface area (TPSA) is 74.0 Å². The number of nitrogens with zero attached hydrogens (tertiary/aromatic N) is 4. The van der Waals surface area contributed by atoms with Gasteiger partial charge in [-0.3, -0.25) is 9.79 Å². The monoisotopic (exact) mass is 361 g/mol. The SMILES string of the molecule is CN=C(NCCc1ncc(C)s1)N1CCN(C(=O)c2ccco2)CC1. The average Bonchev–Trinajstić information content (AvgIpc) is 3.30. The van der Waals surface area contributed by atoms with Gasteiger partial charge in [0, 0.05) is 57.3 Å². The van der Waals surface area contributed by atoms with Crippen molar-refractivity contribution in [1.82, 2.24) is 20.1 Å². The van der Waals surface area contributed by atoms with Crippen LogP contribution >= 0.6 is 11.3 Å². The van der Waals surface area contributed by atoms with Gasteiger partial charge in [0.05, 0.1) is 11.3 Å². The van der Waals surface area contributed by atoms with Crippen LogP contribution in [0.2, 0.25) is 0 Å². The minimum atomic E-state index is -0.0493. The van der Waals surface area contributed by atoms with Gasteiger partial charge >= 0.3 is 0 Å². The van der Waals surface area contributed by atoms with Crippen molar-refractivity contribution < 1.29 is 9.21 Å². The second-order valence-corrected chi connectivity index (χ2v) is 7.16. The van der Waals surface area contributed by atoms with Crippen LogP contribution in [-0.4, -0.2) is 66.4 Å². The lowest BCUT2D eigenvalue weighted by Gasteiger charge is -2.36. The maximum absolute atomic E-state index is 12.3. The molecule has 8 heteroatoms. The number of aliphatic imine (C=N–C) groups is 1. The van der Waals surface area contributed by atoms with E-state index in [-0.39, 0.29) is 5.91 Å². The Balaban J connectivity index is 1.46. The largest absolute Gasteiger partial charge is 0.459 e. The smallest absolute Gasteiger partial charge is 0.289 e. The third-order valence-electron chi connectivity index (χ3n) is 4.10. The fraction of sp³-hybridized carbons (Fsp3) is 0.471. The predicted molar refractivity (Wildman–Crippen MR) is 98.1 cm³/mol. The minimum Gasteiger partial charge on any atom is -0.459 e. The Morgan fingerprint density at radius 3 is 2.72 bits per heavy atom. The maximum Gasteiger partial charge on any atom is 0.289 e. The Morgan fingerprint density at radius 1 is 1.36 bits per heavy atom. The number of hydrogen-bond donors (Lipinski definition) is 1. The predicted octanol–water partition coefficient (Wildman–Crippen LogP) is 1.62. The van der Waals surface area contributed by atoms with Crippen LogP contribution in [0.1, 0.15) is 20.4 Å². The first-order valence-corrected chi connectivity index (χ1v) is 9.18. The highest BCUT2D eigenvalue weighted by atomic mass is 32.1. The molecule has 0 spiro atoms. The van der Waals surface area contributed by atoms with Crippen molar-refractivity contribution in [1.29, 1.82) is 0 Å². The molecule has 2 aromatic heterocycles. The normalized spacial score (nSPS) is 15.5. The third kappa shape index (κ3) is 4.39. The number of furan rings is 1. The first-order valence-electron chi connectivity index (χ1n) is 8.37. The summed E-state index contributed by atoms with van der Waals surface area (Å²) in [5, 5.41) is 4.52. The van der Waals surface area contributed by atoms with Gasteiger partial charge in [0.1, 0.15) is 0 Å². The molecular formula is C17H23N5O2S. The average molecular weight is 361 g/mol. The number of thiazole rings is 1. The molecule has 25 heavy (non-hydrogen) atoms. The minimum absolute atomic E-state index is 0.0493. The summed E-state index contributed by atoms with van der Waals surface area (Å²) in [4.78, 5) is 26.3. The molecule has 1 fully saturated rings. The standard InChI is InChI=1S/C17H23N5O2S/c1-13-12-20-15(25-13)5-6-19-17(18-2)22-9-7-21(8-10-22)16(23)14-4-3-11-24-14/h3-4,11-12H,5-10H2,1-2H3,(H,18,19). The van der Waals surface area contributed by atoms with E-state index in [2.05, 4.69) is 27.1 Å². The summed E-state index contributed by atoms with van der Waals surface area (Å²) >= 11 is 1.73. The second kappa shape index (κ2) is 8.15. The molecule has 0 aliphatic carbocycles. The van der Waals surface area contributed by atoms with E-state index in [0.717, 1.165) is 37.0 Å². The number of nitrogens with one attached hydrogen (secondary N) is 1. The molecule has 7 nitrogen and oxygen atoms in total. The summed E-state index contributed by atoms with van der Waals surface area (Å²) < 4.78 is 5.20. The lowest BCUT2D eigenvalue weighted by Crippen LogP contribution is -2.53. The Bertz CT molecular complexity index is 717. The summed E-state index contributed by atoms with van der Waals surface area (Å²) in [7, 11) is 1.79. The number of aromatic nitrogens is 1. The first-order chi connectivity index (χ1) is 12.2. The van der Waals surface area contributed by atoms with E-state index >= 15 is 0 Å². The zero-order valence-electron chi connectivity index (χ0n) is 14.6. The second-order valence-electron chi connectivity index (χ2n) is 5.85. The van der Waals surface area contributed by atoms with Crippen molar-refractivity contribution in [3.05, 3.63) is 40.2 Å². The summed E-state index contributed by atoms with van der Waals surface area (Å²) in [6.45, 7) is 5.69. The van der Waals surface area contributed by atoms with Crippen LogP contribution in [0.3, 0.4) is 0 Å². The number of guanidine groups is 1. The molecule has 0 unspecified atom stereocenters. The highest BCUT2D eigenvalue weighted by molar-refractivity contribution is 7.11. The number of piperazine rings is 1. The van der Waals surface area contributed by atoms with E-state index < -0.39 is 0 Å². The highest BCUT2D eigenvalue weighted by Crippen LogP contribution is 2.12. The van der Waals surface area contributed by atoms with Crippen LogP contribution < -0.4 is 5.32 Å². The van der Waals surface area contributed by atoms with Crippen LogP contribution in [0.5, 0.6) is 0 Å². The first kappa shape index (κ1) is 17.5. The Labute approximate surface area is 151 Å². The van der Waals surface area contributed by atoms with Crippen molar-refractivity contribution in [2.75, 3.05) is 39.8 Å². The van der Waals surface area contributed by atoms with Crippen LogP contribution in [-0.2, 0) is 6.42 Å². The Hall–Kier alpha value is -2.35. The molecule has 134 valence electrons. The van der Waals surface area contributed by atoms with Gasteiger partial charge in [0.15, 0.2) is 11.7 Å². The zero-order chi connectivity index (χ0) is 17.6. The molecule has 1 aliphatic heterocycles. The quantitative estimate of drug-likeness (QED) is 0.662. The van der Waals surface area contributed by atoms with Gasteiger partial charge in [0.25, 0.3) is 5.91 Å². The lowest BCUT2D eigenvalue weighted by molar-refractivity contribution is 0.0658. The van der Waals surface area contributed by atoms with Crippen molar-refractivity contribution in [3.8, 4) is 0 Å². The zero-order valence-corrected chi connectivity index (χ0v) is 15.4. The molecule has 1 aliphatic rings. The van der Waals surface area contributed by atoms with Crippen molar-refractivity contribution in [2.24, 2.45) is 4.99 Å². The molecule has 0 aromatic carbocycles. The Morgan fingerprint density at radius 2 is 2.12 bits per heavy atom. The Kier molecular flexibility index (Phi) is 5.70. The molecule has 3 heterocycles. The van der Waals surface area contributed by atoms with Crippen LogP contribution in [0.4, 0.5) is 0 Å². The lowest BCUT2D eigenvalue weighted by atomic mass is 10.3. The van der Waals surface area contributed by atoms with Gasteiger partial charge in [-0.1, -0.05) is 0 Å². The highest BCUT2D eigenvalue weighted by Gasteiger charge is 2.25. The maximum atomic E-state index is 12.3. The van der Waals surface area contributed by atoms with E-state index in [1.54, 1.807) is 30.5 Å². The van der Waals surface area contributed by atoms with Gasteiger partial charge in [-0.15, -0.1) is 11.3 Å². The van der Waals surface area contributed by atoms with Crippen LogP contribution in [0, 0.1) is 6.92 Å². The van der Waals surface area contributed by atoms with Crippen molar-refractivity contribution in [2.45, 2.75) is 13.3 Å². The number of hydrogen-bond acceptors (Lipinski definition) is 5. The van der Waals surface area contributed by atoms with Gasteiger partial charge in [-0.05, 0) is 19.1 Å². The number of rotatable bonds is 4. The number of amides is 1. The molecule has 1 amide bonds. The summed E-state index contributed by atoms with van der Waals surface area (Å²) in [6, 6.07) is 3.44. The van der Waals surface area contributed by atoms with Gasteiger partial charge < -0.3 is 19.5 Å². The number of carbonyl (C=O) groups excluding carboxylic acids is 1. The number of aryl methyl sites for hydroxylation is 1. The van der Waals surface area contributed by atoms with Crippen LogP contribution in [0.15, 0.2) is 34.0 Å². The summed E-state index contributed by atoms with van der Waals surface area (Å²) in [5.74, 6) is 1.22. The van der Waals surface area contributed by atoms with Crippen LogP contribution in [0.25, 0.3) is 0 Å². The summed E-state index contributed by atoms with van der Waals surface area (Å²) in [5.41, 5.74) is 0.